The van der Waals surface area contributed by atoms with E-state index >= 15 is 0 Å². The molecule has 0 aliphatic carbocycles. The molecule has 19 heavy (non-hydrogen) atoms. The van der Waals surface area contributed by atoms with Crippen LogP contribution in [-0.2, 0) is 0 Å². The van der Waals surface area contributed by atoms with Crippen molar-refractivity contribution in [2.24, 2.45) is 10.9 Å². The predicted molar refractivity (Wildman–Crippen MR) is 77.8 cm³/mol. The number of oxime groups is 1. The van der Waals surface area contributed by atoms with Gasteiger partial charge in [-0.25, -0.2) is 4.98 Å². The van der Waals surface area contributed by atoms with E-state index in [1.54, 1.807) is 0 Å². The largest absolute Gasteiger partial charge is 0.409 e. The van der Waals surface area contributed by atoms with Gasteiger partial charge in [-0.1, -0.05) is 23.4 Å². The topological polar surface area (TPSA) is 74.7 Å². The summed E-state index contributed by atoms with van der Waals surface area (Å²) in [6.07, 6.45) is 0. The van der Waals surface area contributed by atoms with E-state index in [9.17, 15) is 0 Å². The fourth-order valence-electron chi connectivity index (χ4n) is 2.11. The van der Waals surface area contributed by atoms with Crippen molar-refractivity contribution in [3.8, 4) is 0 Å². The first-order chi connectivity index (χ1) is 9.21. The van der Waals surface area contributed by atoms with Crippen LogP contribution >= 0.6 is 0 Å². The fourth-order valence-corrected chi connectivity index (χ4v) is 2.11. The van der Waals surface area contributed by atoms with Gasteiger partial charge in [0.1, 0.15) is 5.82 Å². The molecule has 0 aliphatic rings. The number of amidine groups is 1. The van der Waals surface area contributed by atoms with Crippen LogP contribution < -0.4 is 10.6 Å². The van der Waals surface area contributed by atoms with Crippen molar-refractivity contribution in [2.45, 2.75) is 13.8 Å². The second-order valence-corrected chi connectivity index (χ2v) is 4.21. The van der Waals surface area contributed by atoms with E-state index in [1.807, 2.05) is 30.3 Å². The Balaban J connectivity index is 2.70. The smallest absolute Gasteiger partial charge is 0.173 e. The maximum atomic E-state index is 8.93. The summed E-state index contributed by atoms with van der Waals surface area (Å²) in [4.78, 5) is 6.72. The molecule has 0 fully saturated rings. The summed E-state index contributed by atoms with van der Waals surface area (Å²) < 4.78 is 0. The van der Waals surface area contributed by atoms with E-state index in [4.69, 9.17) is 10.9 Å². The van der Waals surface area contributed by atoms with E-state index in [0.717, 1.165) is 29.8 Å². The summed E-state index contributed by atoms with van der Waals surface area (Å²) in [6.45, 7) is 5.73. The van der Waals surface area contributed by atoms with Crippen LogP contribution in [0.2, 0.25) is 0 Å². The lowest BCUT2D eigenvalue weighted by Gasteiger charge is -2.22. The highest BCUT2D eigenvalue weighted by Crippen LogP contribution is 2.23. The Hall–Kier alpha value is -2.30. The molecule has 100 valence electrons. The van der Waals surface area contributed by atoms with E-state index < -0.39 is 0 Å². The SMILES string of the molecule is CCN(CC)c1nc2ccccc2cc1C(N)=NO. The average molecular weight is 258 g/mol. The lowest BCUT2D eigenvalue weighted by atomic mass is 10.1. The molecule has 1 heterocycles. The third-order valence-electron chi connectivity index (χ3n) is 3.15. The second kappa shape index (κ2) is 5.56. The number of aromatic nitrogens is 1. The number of rotatable bonds is 4. The predicted octanol–water partition coefficient (Wildman–Crippen LogP) is 2.18. The minimum atomic E-state index is 0.0835. The number of benzene rings is 1. The van der Waals surface area contributed by atoms with Gasteiger partial charge in [0.05, 0.1) is 11.1 Å². The number of hydrogen-bond donors (Lipinski definition) is 2. The van der Waals surface area contributed by atoms with Crippen LogP contribution in [0.25, 0.3) is 10.9 Å². The highest BCUT2D eigenvalue weighted by Gasteiger charge is 2.15. The lowest BCUT2D eigenvalue weighted by molar-refractivity contribution is 0.318. The lowest BCUT2D eigenvalue weighted by Crippen LogP contribution is -2.27. The van der Waals surface area contributed by atoms with Crippen molar-refractivity contribution in [2.75, 3.05) is 18.0 Å². The van der Waals surface area contributed by atoms with Crippen LogP contribution in [0.15, 0.2) is 35.5 Å². The molecule has 1 aromatic carbocycles. The molecule has 0 bridgehead atoms. The third kappa shape index (κ3) is 2.45. The number of anilines is 1. The monoisotopic (exact) mass is 258 g/mol. The minimum absolute atomic E-state index is 0.0835. The molecule has 0 amide bonds. The first kappa shape index (κ1) is 13.1. The number of hydrogen-bond acceptors (Lipinski definition) is 4. The zero-order chi connectivity index (χ0) is 13.8. The average Bonchev–Trinajstić information content (AvgIpc) is 2.47. The molecule has 0 saturated carbocycles. The number of para-hydroxylation sites is 1. The zero-order valence-corrected chi connectivity index (χ0v) is 11.2. The molecule has 2 rings (SSSR count). The molecule has 0 spiro atoms. The molecule has 0 atom stereocenters. The quantitative estimate of drug-likeness (QED) is 0.381. The Labute approximate surface area is 112 Å². The van der Waals surface area contributed by atoms with Crippen LogP contribution in [-0.4, -0.2) is 29.1 Å². The van der Waals surface area contributed by atoms with Gasteiger partial charge in [0, 0.05) is 18.5 Å². The number of nitrogens with zero attached hydrogens (tertiary/aromatic N) is 3. The zero-order valence-electron chi connectivity index (χ0n) is 11.2. The van der Waals surface area contributed by atoms with Crippen molar-refractivity contribution in [3.63, 3.8) is 0 Å². The van der Waals surface area contributed by atoms with Crippen molar-refractivity contribution in [3.05, 3.63) is 35.9 Å². The van der Waals surface area contributed by atoms with Crippen molar-refractivity contribution < 1.29 is 5.21 Å². The Morgan fingerprint density at radius 2 is 2.00 bits per heavy atom. The Kier molecular flexibility index (Phi) is 3.85. The van der Waals surface area contributed by atoms with Gasteiger partial charge in [-0.05, 0) is 26.0 Å². The standard InChI is InChI=1S/C14H18N4O/c1-3-18(4-2)14-11(13(15)17-19)9-10-7-5-6-8-12(10)16-14/h5-9,19H,3-4H2,1-2H3,(H2,15,17). The van der Waals surface area contributed by atoms with Gasteiger partial charge in [0.2, 0.25) is 0 Å². The number of fused-ring (bicyclic) bond motifs is 1. The first-order valence-corrected chi connectivity index (χ1v) is 6.33. The molecule has 0 aliphatic heterocycles. The maximum absolute atomic E-state index is 8.93. The van der Waals surface area contributed by atoms with E-state index in [1.165, 1.54) is 0 Å². The molecule has 3 N–H and O–H groups in total. The Morgan fingerprint density at radius 3 is 2.63 bits per heavy atom. The molecular weight excluding hydrogens is 240 g/mol. The van der Waals surface area contributed by atoms with Gasteiger partial charge in [-0.2, -0.15) is 0 Å². The molecule has 0 unspecified atom stereocenters. The molecule has 0 saturated heterocycles. The van der Waals surface area contributed by atoms with Crippen LogP contribution in [0.1, 0.15) is 19.4 Å². The summed E-state index contributed by atoms with van der Waals surface area (Å²) >= 11 is 0. The fraction of sp³-hybridized carbons (Fsp3) is 0.286. The number of nitrogens with two attached hydrogens (primary N) is 1. The van der Waals surface area contributed by atoms with Gasteiger partial charge < -0.3 is 15.8 Å². The normalized spacial score (nSPS) is 11.8. The van der Waals surface area contributed by atoms with Crippen LogP contribution in [0.3, 0.4) is 0 Å². The van der Waals surface area contributed by atoms with Crippen molar-refractivity contribution in [1.29, 1.82) is 0 Å². The van der Waals surface area contributed by atoms with Crippen LogP contribution in [0.4, 0.5) is 5.82 Å². The number of pyridine rings is 1. The molecule has 1 aromatic heterocycles. The molecular formula is C14H18N4O. The van der Waals surface area contributed by atoms with Gasteiger partial charge in [0.15, 0.2) is 5.84 Å². The third-order valence-corrected chi connectivity index (χ3v) is 3.15. The first-order valence-electron chi connectivity index (χ1n) is 6.33. The summed E-state index contributed by atoms with van der Waals surface area (Å²) in [5.74, 6) is 0.833. The highest BCUT2D eigenvalue weighted by molar-refractivity contribution is 6.04. The summed E-state index contributed by atoms with van der Waals surface area (Å²) in [5, 5.41) is 13.0. The van der Waals surface area contributed by atoms with E-state index in [-0.39, 0.29) is 5.84 Å². The van der Waals surface area contributed by atoms with Gasteiger partial charge in [-0.3, -0.25) is 0 Å². The van der Waals surface area contributed by atoms with Crippen LogP contribution in [0.5, 0.6) is 0 Å². The highest BCUT2D eigenvalue weighted by atomic mass is 16.4. The van der Waals surface area contributed by atoms with Gasteiger partial charge >= 0.3 is 0 Å². The molecule has 5 nitrogen and oxygen atoms in total. The molecule has 2 aromatic rings. The second-order valence-electron chi connectivity index (χ2n) is 4.21. The van der Waals surface area contributed by atoms with Gasteiger partial charge in [0.25, 0.3) is 0 Å². The van der Waals surface area contributed by atoms with E-state index in [0.29, 0.717) is 5.56 Å². The minimum Gasteiger partial charge on any atom is -0.409 e. The Bertz CT molecular complexity index is 605. The molecule has 5 heteroatoms. The summed E-state index contributed by atoms with van der Waals surface area (Å²) in [7, 11) is 0. The summed E-state index contributed by atoms with van der Waals surface area (Å²) in [5.41, 5.74) is 7.33. The van der Waals surface area contributed by atoms with Gasteiger partial charge in [-0.15, -0.1) is 0 Å². The van der Waals surface area contributed by atoms with Crippen molar-refractivity contribution in [1.82, 2.24) is 4.98 Å². The van der Waals surface area contributed by atoms with Crippen LogP contribution in [0, 0.1) is 0 Å². The molecule has 0 radical (unpaired) electrons. The summed E-state index contributed by atoms with van der Waals surface area (Å²) in [6, 6.07) is 9.72. The van der Waals surface area contributed by atoms with Crippen molar-refractivity contribution >= 4 is 22.6 Å². The van der Waals surface area contributed by atoms with E-state index in [2.05, 4.69) is 28.9 Å². The Morgan fingerprint density at radius 1 is 1.32 bits per heavy atom. The maximum Gasteiger partial charge on any atom is 0.173 e.